The Morgan fingerprint density at radius 2 is 2.22 bits per heavy atom. The van der Waals surface area contributed by atoms with Gasteiger partial charge in [-0.05, 0) is 37.1 Å². The Labute approximate surface area is 108 Å². The van der Waals surface area contributed by atoms with Crippen LogP contribution in [0, 0.1) is 6.92 Å². The minimum absolute atomic E-state index is 0.185. The first-order chi connectivity index (χ1) is 8.45. The van der Waals surface area contributed by atoms with Crippen LogP contribution in [0.1, 0.15) is 12.0 Å². The molecule has 0 saturated carbocycles. The van der Waals surface area contributed by atoms with E-state index in [0.29, 0.717) is 6.42 Å². The molecule has 0 radical (unpaired) electrons. The second-order valence-corrected chi connectivity index (χ2v) is 4.51. The molecule has 1 amide bonds. The molecule has 0 fully saturated rings. The van der Waals surface area contributed by atoms with E-state index in [4.69, 9.17) is 5.73 Å². The molecule has 18 heavy (non-hydrogen) atoms. The zero-order valence-electron chi connectivity index (χ0n) is 11.2. The predicted molar refractivity (Wildman–Crippen MR) is 76.9 cm³/mol. The quantitative estimate of drug-likeness (QED) is 0.781. The average Bonchev–Trinajstić information content (AvgIpc) is 2.31. The minimum atomic E-state index is -0.546. The molecule has 1 unspecified atom stereocenters. The van der Waals surface area contributed by atoms with Crippen molar-refractivity contribution in [1.82, 2.24) is 0 Å². The summed E-state index contributed by atoms with van der Waals surface area (Å²) in [6.45, 7) is 5.53. The molecule has 0 heterocycles. The van der Waals surface area contributed by atoms with Gasteiger partial charge in [0.05, 0.1) is 6.04 Å². The van der Waals surface area contributed by atoms with Crippen LogP contribution in [0.5, 0.6) is 0 Å². The van der Waals surface area contributed by atoms with E-state index in [-0.39, 0.29) is 5.91 Å². The standard InChI is InChI=1S/C14H21N3O/c1-5-6-12(15)14(18)16-13-8-7-11(17(3)4)9-10(13)2/h5,7-9,12H,1,6,15H2,2-4H3,(H,16,18). The zero-order valence-corrected chi connectivity index (χ0v) is 11.2. The van der Waals surface area contributed by atoms with E-state index in [0.717, 1.165) is 16.9 Å². The van der Waals surface area contributed by atoms with Gasteiger partial charge in [0.2, 0.25) is 5.91 Å². The normalized spacial score (nSPS) is 11.8. The molecule has 3 N–H and O–H groups in total. The maximum Gasteiger partial charge on any atom is 0.241 e. The van der Waals surface area contributed by atoms with Crippen LogP contribution in [-0.2, 0) is 4.79 Å². The highest BCUT2D eigenvalue weighted by Gasteiger charge is 2.12. The maximum atomic E-state index is 11.8. The summed E-state index contributed by atoms with van der Waals surface area (Å²) in [6, 6.07) is 5.33. The largest absolute Gasteiger partial charge is 0.378 e. The first-order valence-corrected chi connectivity index (χ1v) is 5.91. The van der Waals surface area contributed by atoms with Crippen molar-refractivity contribution in [3.05, 3.63) is 36.4 Å². The van der Waals surface area contributed by atoms with Crippen LogP contribution in [0.25, 0.3) is 0 Å². The van der Waals surface area contributed by atoms with Gasteiger partial charge in [0.25, 0.3) is 0 Å². The lowest BCUT2D eigenvalue weighted by Gasteiger charge is -2.16. The van der Waals surface area contributed by atoms with E-state index in [2.05, 4.69) is 11.9 Å². The van der Waals surface area contributed by atoms with E-state index in [1.165, 1.54) is 0 Å². The van der Waals surface area contributed by atoms with Crippen LogP contribution in [-0.4, -0.2) is 26.0 Å². The van der Waals surface area contributed by atoms with E-state index in [9.17, 15) is 4.79 Å². The summed E-state index contributed by atoms with van der Waals surface area (Å²) >= 11 is 0. The fourth-order valence-electron chi connectivity index (χ4n) is 1.58. The van der Waals surface area contributed by atoms with Gasteiger partial charge in [0.1, 0.15) is 0 Å². The fourth-order valence-corrected chi connectivity index (χ4v) is 1.58. The number of anilines is 2. The molecule has 0 aliphatic carbocycles. The summed E-state index contributed by atoms with van der Waals surface area (Å²) in [6.07, 6.45) is 2.12. The first-order valence-electron chi connectivity index (χ1n) is 5.91. The van der Waals surface area contributed by atoms with Gasteiger partial charge in [-0.3, -0.25) is 4.79 Å². The summed E-state index contributed by atoms with van der Waals surface area (Å²) in [5, 5.41) is 2.83. The topological polar surface area (TPSA) is 58.4 Å². The fraction of sp³-hybridized carbons (Fsp3) is 0.357. The molecule has 0 aliphatic heterocycles. The predicted octanol–water partition coefficient (Wildman–Crippen LogP) is 1.90. The number of nitrogens with two attached hydrogens (primary N) is 1. The summed E-state index contributed by atoms with van der Waals surface area (Å²) < 4.78 is 0. The van der Waals surface area contributed by atoms with Crippen molar-refractivity contribution in [2.75, 3.05) is 24.3 Å². The Kier molecular flexibility index (Phi) is 4.92. The van der Waals surface area contributed by atoms with Crippen LogP contribution in [0.2, 0.25) is 0 Å². The summed E-state index contributed by atoms with van der Waals surface area (Å²) in [4.78, 5) is 13.8. The van der Waals surface area contributed by atoms with Gasteiger partial charge in [0, 0.05) is 25.5 Å². The molecular formula is C14H21N3O. The third kappa shape index (κ3) is 3.60. The van der Waals surface area contributed by atoms with E-state index in [1.807, 2.05) is 44.1 Å². The van der Waals surface area contributed by atoms with Crippen molar-refractivity contribution in [2.45, 2.75) is 19.4 Å². The number of rotatable bonds is 5. The second kappa shape index (κ2) is 6.21. The third-order valence-electron chi connectivity index (χ3n) is 2.74. The van der Waals surface area contributed by atoms with E-state index < -0.39 is 6.04 Å². The summed E-state index contributed by atoms with van der Waals surface area (Å²) in [7, 11) is 3.96. The zero-order chi connectivity index (χ0) is 13.7. The number of carbonyl (C=O) groups is 1. The molecule has 0 aromatic heterocycles. The SMILES string of the molecule is C=CCC(N)C(=O)Nc1ccc(N(C)C)cc1C. The molecule has 4 nitrogen and oxygen atoms in total. The Morgan fingerprint density at radius 3 is 2.72 bits per heavy atom. The van der Waals surface area contributed by atoms with Gasteiger partial charge >= 0.3 is 0 Å². The highest BCUT2D eigenvalue weighted by atomic mass is 16.2. The van der Waals surface area contributed by atoms with Gasteiger partial charge in [0.15, 0.2) is 0 Å². The van der Waals surface area contributed by atoms with Crippen molar-refractivity contribution >= 4 is 17.3 Å². The van der Waals surface area contributed by atoms with Crippen LogP contribution in [0.4, 0.5) is 11.4 Å². The monoisotopic (exact) mass is 247 g/mol. The lowest BCUT2D eigenvalue weighted by Crippen LogP contribution is -2.35. The second-order valence-electron chi connectivity index (χ2n) is 4.51. The molecule has 1 rings (SSSR count). The van der Waals surface area contributed by atoms with Crippen LogP contribution in [0.15, 0.2) is 30.9 Å². The lowest BCUT2D eigenvalue weighted by molar-refractivity contribution is -0.117. The number of nitrogens with one attached hydrogen (secondary N) is 1. The summed E-state index contributed by atoms with van der Waals surface area (Å²) in [5.74, 6) is -0.185. The van der Waals surface area contributed by atoms with Crippen molar-refractivity contribution in [3.63, 3.8) is 0 Å². The Bertz CT molecular complexity index is 441. The number of nitrogens with zero attached hydrogens (tertiary/aromatic N) is 1. The molecular weight excluding hydrogens is 226 g/mol. The number of hydrogen-bond donors (Lipinski definition) is 2. The molecule has 0 bridgehead atoms. The maximum absolute atomic E-state index is 11.8. The van der Waals surface area contributed by atoms with Gasteiger partial charge in [-0.25, -0.2) is 0 Å². The van der Waals surface area contributed by atoms with E-state index >= 15 is 0 Å². The van der Waals surface area contributed by atoms with Gasteiger partial charge < -0.3 is 16.0 Å². The molecule has 4 heteroatoms. The summed E-state index contributed by atoms with van der Waals surface area (Å²) in [5.41, 5.74) is 8.62. The highest BCUT2D eigenvalue weighted by Crippen LogP contribution is 2.21. The number of amides is 1. The third-order valence-corrected chi connectivity index (χ3v) is 2.74. The van der Waals surface area contributed by atoms with Crippen LogP contribution in [0.3, 0.4) is 0 Å². The number of aryl methyl sites for hydroxylation is 1. The van der Waals surface area contributed by atoms with Gasteiger partial charge in [-0.1, -0.05) is 6.08 Å². The highest BCUT2D eigenvalue weighted by molar-refractivity contribution is 5.95. The smallest absolute Gasteiger partial charge is 0.241 e. The molecule has 0 aliphatic rings. The molecule has 1 atom stereocenters. The molecule has 98 valence electrons. The molecule has 0 saturated heterocycles. The van der Waals surface area contributed by atoms with Crippen LogP contribution < -0.4 is 16.0 Å². The van der Waals surface area contributed by atoms with Gasteiger partial charge in [-0.2, -0.15) is 0 Å². The number of hydrogen-bond acceptors (Lipinski definition) is 3. The first kappa shape index (κ1) is 14.3. The number of benzene rings is 1. The van der Waals surface area contributed by atoms with E-state index in [1.54, 1.807) is 6.08 Å². The minimum Gasteiger partial charge on any atom is -0.378 e. The number of carbonyl (C=O) groups excluding carboxylic acids is 1. The Hall–Kier alpha value is -1.81. The van der Waals surface area contributed by atoms with Crippen molar-refractivity contribution in [1.29, 1.82) is 0 Å². The van der Waals surface area contributed by atoms with Crippen molar-refractivity contribution in [2.24, 2.45) is 5.73 Å². The lowest BCUT2D eigenvalue weighted by atomic mass is 10.1. The van der Waals surface area contributed by atoms with Crippen molar-refractivity contribution < 1.29 is 4.79 Å². The molecule has 1 aromatic carbocycles. The average molecular weight is 247 g/mol. The van der Waals surface area contributed by atoms with Gasteiger partial charge in [-0.15, -0.1) is 6.58 Å². The Morgan fingerprint density at radius 1 is 1.56 bits per heavy atom. The van der Waals surface area contributed by atoms with Crippen LogP contribution >= 0.6 is 0 Å². The molecule has 0 spiro atoms. The Balaban J connectivity index is 2.79. The van der Waals surface area contributed by atoms with Crippen molar-refractivity contribution in [3.8, 4) is 0 Å². The molecule has 1 aromatic rings.